The number of piperidine rings is 1. The molecule has 1 N–H and O–H groups in total. The highest BCUT2D eigenvalue weighted by Gasteiger charge is 2.33. The first kappa shape index (κ1) is 33.4. The highest BCUT2D eigenvalue weighted by Crippen LogP contribution is 2.44. The first-order valence-electron chi connectivity index (χ1n) is 16.0. The molecular formula is C39H38ClN3O4S. The lowest BCUT2D eigenvalue weighted by Gasteiger charge is -2.31. The Morgan fingerprint density at radius 3 is 2.31 bits per heavy atom. The molecule has 9 heteroatoms. The molecule has 7 nitrogen and oxygen atoms in total. The third kappa shape index (κ3) is 6.24. The molecule has 48 heavy (non-hydrogen) atoms. The number of rotatable bonds is 7. The first-order valence-corrected chi connectivity index (χ1v) is 17.4. The van der Waals surface area contributed by atoms with E-state index in [1.165, 1.54) is 4.31 Å². The SMILES string of the molecule is CN(c1ccccc1)c1ccc2c(-c3ccccc3S(=O)(=O)N3CCCC(CO)C3)c3ccc(=[N+](C)c4ccccc4)cc-3oc2c1.[Cl-]. The van der Waals surface area contributed by atoms with E-state index in [2.05, 4.69) is 33.7 Å². The zero-order valence-electron chi connectivity index (χ0n) is 27.0. The molecule has 1 unspecified atom stereocenters. The predicted octanol–water partition coefficient (Wildman–Crippen LogP) is 4.10. The van der Waals surface area contributed by atoms with Crippen LogP contribution in [0, 0.1) is 5.92 Å². The molecule has 0 saturated carbocycles. The lowest BCUT2D eigenvalue weighted by atomic mass is 9.93. The van der Waals surface area contributed by atoms with Crippen LogP contribution in [0.5, 0.6) is 0 Å². The normalized spacial score (nSPS) is 16.0. The van der Waals surface area contributed by atoms with Gasteiger partial charge in [-0.15, -0.1) is 0 Å². The first-order chi connectivity index (χ1) is 22.8. The van der Waals surface area contributed by atoms with Gasteiger partial charge in [-0.3, -0.25) is 0 Å². The molecule has 7 rings (SSSR count). The summed E-state index contributed by atoms with van der Waals surface area (Å²) in [5, 5.41) is 11.6. The van der Waals surface area contributed by atoms with Gasteiger partial charge in [0, 0.05) is 84.5 Å². The van der Waals surface area contributed by atoms with E-state index in [0.29, 0.717) is 30.0 Å². The minimum atomic E-state index is -3.86. The summed E-state index contributed by atoms with van der Waals surface area (Å²) in [6.07, 6.45) is 1.54. The number of sulfonamides is 1. The highest BCUT2D eigenvalue weighted by molar-refractivity contribution is 7.89. The van der Waals surface area contributed by atoms with Crippen molar-refractivity contribution in [1.82, 2.24) is 8.88 Å². The van der Waals surface area contributed by atoms with Crippen LogP contribution < -0.4 is 27.2 Å². The average Bonchev–Trinajstić information content (AvgIpc) is 3.13. The second-order valence-corrected chi connectivity index (χ2v) is 14.1. The summed E-state index contributed by atoms with van der Waals surface area (Å²) in [4.78, 5) is 2.36. The highest BCUT2D eigenvalue weighted by atomic mass is 35.5. The standard InChI is InChI=1S/C39H38N3O4S.ClH/c1-40(29-13-5-3-6-14-29)31-19-21-33-36(24-31)46-37-25-32(41(2)30-15-7-4-8-16-30)20-22-34(37)39(33)35-17-9-10-18-38(35)47(44,45)42-23-11-12-28(26-42)27-43;/h3-10,13-22,24-25,28,43H,11-12,23,26-27H2,1-2H3;1H/q+1;/p-1. The quantitative estimate of drug-likeness (QED) is 0.203. The molecule has 1 aliphatic carbocycles. The lowest BCUT2D eigenvalue weighted by molar-refractivity contribution is -0.0000136. The Kier molecular flexibility index (Phi) is 9.71. The molecule has 0 spiro atoms. The number of anilines is 2. The topological polar surface area (TPSA) is 77.0 Å². The largest absolute Gasteiger partial charge is 1.00 e. The van der Waals surface area contributed by atoms with Crippen molar-refractivity contribution in [3.63, 3.8) is 0 Å². The van der Waals surface area contributed by atoms with Crippen molar-refractivity contribution >= 4 is 38.1 Å². The Hall–Kier alpha value is -4.47. The van der Waals surface area contributed by atoms with Crippen molar-refractivity contribution in [3.8, 4) is 22.5 Å². The molecule has 1 fully saturated rings. The van der Waals surface area contributed by atoms with E-state index in [4.69, 9.17) is 4.42 Å². The van der Waals surface area contributed by atoms with Crippen LogP contribution in [0.3, 0.4) is 0 Å². The number of hydrogen-bond acceptors (Lipinski definition) is 5. The van der Waals surface area contributed by atoms with E-state index in [1.807, 2.05) is 99.0 Å². The molecule has 3 aliphatic rings. The van der Waals surface area contributed by atoms with Crippen LogP contribution in [0.2, 0.25) is 0 Å². The summed E-state index contributed by atoms with van der Waals surface area (Å²) in [5.41, 5.74) is 5.92. The van der Waals surface area contributed by atoms with E-state index >= 15 is 0 Å². The van der Waals surface area contributed by atoms with Crippen molar-refractivity contribution in [2.45, 2.75) is 17.7 Å². The number of aliphatic hydroxyl groups excluding tert-OH is 1. The van der Waals surface area contributed by atoms with Gasteiger partial charge in [-0.05, 0) is 55.2 Å². The number of benzene rings is 5. The Bertz CT molecular complexity index is 2200. The molecular weight excluding hydrogens is 642 g/mol. The smallest absolute Gasteiger partial charge is 0.243 e. The average molecular weight is 680 g/mol. The summed E-state index contributed by atoms with van der Waals surface area (Å²) >= 11 is 0. The van der Waals surface area contributed by atoms with Crippen LogP contribution in [-0.4, -0.2) is 51.6 Å². The molecule has 0 amide bonds. The second-order valence-electron chi connectivity index (χ2n) is 12.2. The van der Waals surface area contributed by atoms with E-state index in [9.17, 15) is 13.5 Å². The summed E-state index contributed by atoms with van der Waals surface area (Å²) in [5.74, 6) is 0.584. The van der Waals surface area contributed by atoms with Crippen LogP contribution >= 0.6 is 0 Å². The minimum Gasteiger partial charge on any atom is -1.00 e. The van der Waals surface area contributed by atoms with Crippen LogP contribution in [-0.2, 0) is 10.0 Å². The van der Waals surface area contributed by atoms with Gasteiger partial charge in [-0.25, -0.2) is 8.42 Å². The van der Waals surface area contributed by atoms with Gasteiger partial charge in [0.15, 0.2) is 0 Å². The molecule has 1 saturated heterocycles. The maximum absolute atomic E-state index is 14.3. The maximum atomic E-state index is 14.3. The Labute approximate surface area is 287 Å². The zero-order valence-corrected chi connectivity index (χ0v) is 28.5. The fraction of sp³-hybridized carbons (Fsp3) is 0.205. The summed E-state index contributed by atoms with van der Waals surface area (Å²) in [6, 6.07) is 39.7. The third-order valence-electron chi connectivity index (χ3n) is 9.26. The number of nitrogens with zero attached hydrogens (tertiary/aromatic N) is 3. The number of aliphatic hydroxyl groups is 1. The van der Waals surface area contributed by atoms with Crippen LogP contribution in [0.4, 0.5) is 17.1 Å². The zero-order chi connectivity index (χ0) is 32.5. The second kappa shape index (κ2) is 13.9. The number of hydrogen-bond donors (Lipinski definition) is 1. The van der Waals surface area contributed by atoms with Gasteiger partial charge >= 0.3 is 0 Å². The van der Waals surface area contributed by atoms with Gasteiger partial charge in [0.05, 0.1) is 11.0 Å². The summed E-state index contributed by atoms with van der Waals surface area (Å²) in [6.45, 7) is 0.717. The molecule has 2 aliphatic heterocycles. The minimum absolute atomic E-state index is 0. The van der Waals surface area contributed by atoms with Gasteiger partial charge in [-0.2, -0.15) is 8.88 Å². The molecule has 246 valence electrons. The van der Waals surface area contributed by atoms with Crippen LogP contribution in [0.1, 0.15) is 12.8 Å². The Morgan fingerprint density at radius 1 is 0.854 bits per heavy atom. The molecule has 2 heterocycles. The van der Waals surface area contributed by atoms with Crippen molar-refractivity contribution in [2.24, 2.45) is 5.92 Å². The molecule has 0 bridgehead atoms. The number of fused-ring (bicyclic) bond motifs is 2. The number of para-hydroxylation sites is 2. The summed E-state index contributed by atoms with van der Waals surface area (Å²) in [7, 11) is 0.177. The van der Waals surface area contributed by atoms with E-state index in [0.717, 1.165) is 51.8 Å². The van der Waals surface area contributed by atoms with Crippen molar-refractivity contribution in [1.29, 1.82) is 0 Å². The van der Waals surface area contributed by atoms with E-state index in [-0.39, 0.29) is 29.8 Å². The van der Waals surface area contributed by atoms with Gasteiger partial charge in [0.25, 0.3) is 0 Å². The van der Waals surface area contributed by atoms with E-state index < -0.39 is 10.0 Å². The molecule has 4 aromatic carbocycles. The monoisotopic (exact) mass is 679 g/mol. The van der Waals surface area contributed by atoms with E-state index in [1.54, 1.807) is 12.1 Å². The van der Waals surface area contributed by atoms with Crippen LogP contribution in [0.15, 0.2) is 131 Å². The molecule has 1 atom stereocenters. The molecule has 0 radical (unpaired) electrons. The Balaban J connectivity index is 0.00000401. The third-order valence-corrected chi connectivity index (χ3v) is 11.2. The number of halogens is 1. The van der Waals surface area contributed by atoms with Gasteiger partial charge in [-0.1, -0.05) is 54.6 Å². The fourth-order valence-corrected chi connectivity index (χ4v) is 8.36. The summed E-state index contributed by atoms with van der Waals surface area (Å²) < 4.78 is 39.0. The van der Waals surface area contributed by atoms with Gasteiger partial charge < -0.3 is 26.8 Å². The van der Waals surface area contributed by atoms with Crippen LogP contribution in [0.25, 0.3) is 33.4 Å². The fourth-order valence-electron chi connectivity index (χ4n) is 6.61. The molecule has 0 aromatic heterocycles. The predicted molar refractivity (Wildman–Crippen MR) is 189 cm³/mol. The van der Waals surface area contributed by atoms with Crippen molar-refractivity contribution in [3.05, 3.63) is 127 Å². The lowest BCUT2D eigenvalue weighted by Crippen LogP contribution is -3.00. The Morgan fingerprint density at radius 2 is 1.56 bits per heavy atom. The maximum Gasteiger partial charge on any atom is 0.243 e. The molecule has 4 aromatic rings. The van der Waals surface area contributed by atoms with Crippen molar-refractivity contribution in [2.75, 3.05) is 38.7 Å². The van der Waals surface area contributed by atoms with Gasteiger partial charge in [0.1, 0.15) is 18.4 Å². The van der Waals surface area contributed by atoms with Crippen molar-refractivity contribution < 1.29 is 30.3 Å². The van der Waals surface area contributed by atoms with Gasteiger partial charge in [0.2, 0.25) is 21.1 Å².